The van der Waals surface area contributed by atoms with Crippen molar-refractivity contribution in [2.45, 2.75) is 39.2 Å². The minimum atomic E-state index is -0.560. The molecule has 1 rings (SSSR count). The van der Waals surface area contributed by atoms with Gasteiger partial charge in [-0.15, -0.1) is 16.7 Å². The standard InChI is InChI=1S/C13H21ClN4O2/c1-6-18(5)10-7-11(17-16-9(10)8-14)15-12(19)20-13(2,3)4/h7H,6,8H2,1-5H3,(H,15,17,19). The van der Waals surface area contributed by atoms with Gasteiger partial charge in [-0.05, 0) is 27.7 Å². The van der Waals surface area contributed by atoms with Crippen molar-refractivity contribution in [2.75, 3.05) is 23.8 Å². The zero-order chi connectivity index (χ0) is 15.3. The highest BCUT2D eigenvalue weighted by Gasteiger charge is 2.17. The van der Waals surface area contributed by atoms with Gasteiger partial charge in [-0.2, -0.15) is 5.10 Å². The zero-order valence-electron chi connectivity index (χ0n) is 12.5. The van der Waals surface area contributed by atoms with E-state index in [0.717, 1.165) is 12.2 Å². The summed E-state index contributed by atoms with van der Waals surface area (Å²) in [4.78, 5) is 13.7. The van der Waals surface area contributed by atoms with Crippen molar-refractivity contribution >= 4 is 29.2 Å². The minimum absolute atomic E-state index is 0.263. The summed E-state index contributed by atoms with van der Waals surface area (Å²) in [5.41, 5.74) is 0.950. The number of aromatic nitrogens is 2. The van der Waals surface area contributed by atoms with E-state index in [1.165, 1.54) is 0 Å². The topological polar surface area (TPSA) is 67.4 Å². The molecule has 0 bridgehead atoms. The first-order valence-corrected chi connectivity index (χ1v) is 6.94. The average molecular weight is 301 g/mol. The maximum Gasteiger partial charge on any atom is 0.413 e. The summed E-state index contributed by atoms with van der Waals surface area (Å²) in [6.45, 7) is 8.20. The predicted octanol–water partition coefficient (Wildman–Crippen LogP) is 3.02. The van der Waals surface area contributed by atoms with Crippen LogP contribution < -0.4 is 10.2 Å². The largest absolute Gasteiger partial charge is 0.444 e. The van der Waals surface area contributed by atoms with Gasteiger partial charge in [0, 0.05) is 19.7 Å². The maximum absolute atomic E-state index is 11.7. The highest BCUT2D eigenvalue weighted by molar-refractivity contribution is 6.17. The van der Waals surface area contributed by atoms with Gasteiger partial charge in [0.25, 0.3) is 0 Å². The number of alkyl halides is 1. The Labute approximate surface area is 124 Å². The van der Waals surface area contributed by atoms with Crippen LogP contribution in [0, 0.1) is 0 Å². The summed E-state index contributed by atoms with van der Waals surface area (Å²) in [6.07, 6.45) is -0.560. The van der Waals surface area contributed by atoms with Crippen LogP contribution in [0.25, 0.3) is 0 Å². The second kappa shape index (κ2) is 6.74. The lowest BCUT2D eigenvalue weighted by molar-refractivity contribution is 0.0635. The Hall–Kier alpha value is -1.56. The number of hydrogen-bond acceptors (Lipinski definition) is 5. The average Bonchev–Trinajstić information content (AvgIpc) is 2.35. The minimum Gasteiger partial charge on any atom is -0.444 e. The number of nitrogens with zero attached hydrogens (tertiary/aromatic N) is 3. The molecular formula is C13H21ClN4O2. The number of anilines is 2. The molecule has 0 aliphatic heterocycles. The van der Waals surface area contributed by atoms with E-state index < -0.39 is 11.7 Å². The summed E-state index contributed by atoms with van der Waals surface area (Å²) in [7, 11) is 1.92. The van der Waals surface area contributed by atoms with Crippen LogP contribution in [0.3, 0.4) is 0 Å². The van der Waals surface area contributed by atoms with Crippen molar-refractivity contribution in [1.82, 2.24) is 10.2 Å². The monoisotopic (exact) mass is 300 g/mol. The van der Waals surface area contributed by atoms with E-state index in [2.05, 4.69) is 15.5 Å². The molecule has 0 saturated heterocycles. The van der Waals surface area contributed by atoms with Crippen molar-refractivity contribution < 1.29 is 9.53 Å². The summed E-state index contributed by atoms with van der Waals surface area (Å²) in [5, 5.41) is 10.5. The van der Waals surface area contributed by atoms with E-state index in [0.29, 0.717) is 11.5 Å². The molecule has 20 heavy (non-hydrogen) atoms. The van der Waals surface area contributed by atoms with Crippen LogP contribution in [0.2, 0.25) is 0 Å². The van der Waals surface area contributed by atoms with Crippen LogP contribution in [-0.4, -0.2) is 35.5 Å². The Kier molecular flexibility index (Phi) is 5.56. The van der Waals surface area contributed by atoms with Crippen LogP contribution in [0.1, 0.15) is 33.4 Å². The molecule has 0 atom stereocenters. The number of amides is 1. The summed E-state index contributed by atoms with van der Waals surface area (Å²) < 4.78 is 5.17. The number of carbonyl (C=O) groups excluding carboxylic acids is 1. The third kappa shape index (κ3) is 4.85. The number of hydrogen-bond donors (Lipinski definition) is 1. The summed E-state index contributed by atoms with van der Waals surface area (Å²) in [5.74, 6) is 0.600. The Balaban J connectivity index is 2.89. The maximum atomic E-state index is 11.7. The van der Waals surface area contributed by atoms with E-state index >= 15 is 0 Å². The molecule has 0 unspecified atom stereocenters. The lowest BCUT2D eigenvalue weighted by Crippen LogP contribution is -2.28. The van der Waals surface area contributed by atoms with Gasteiger partial charge in [0.2, 0.25) is 0 Å². The van der Waals surface area contributed by atoms with Crippen LogP contribution in [-0.2, 0) is 10.6 Å². The first-order valence-electron chi connectivity index (χ1n) is 6.40. The van der Waals surface area contributed by atoms with Gasteiger partial charge in [0.15, 0.2) is 5.82 Å². The number of rotatable bonds is 4. The summed E-state index contributed by atoms with van der Waals surface area (Å²) >= 11 is 5.84. The Morgan fingerprint density at radius 1 is 1.45 bits per heavy atom. The van der Waals surface area contributed by atoms with Crippen molar-refractivity contribution in [3.63, 3.8) is 0 Å². The van der Waals surface area contributed by atoms with Crippen molar-refractivity contribution in [3.8, 4) is 0 Å². The van der Waals surface area contributed by atoms with Crippen LogP contribution in [0.4, 0.5) is 16.3 Å². The van der Waals surface area contributed by atoms with Gasteiger partial charge in [-0.3, -0.25) is 5.32 Å². The molecule has 112 valence electrons. The van der Waals surface area contributed by atoms with Crippen molar-refractivity contribution in [2.24, 2.45) is 0 Å². The predicted molar refractivity (Wildman–Crippen MR) is 80.4 cm³/mol. The fraction of sp³-hybridized carbons (Fsp3) is 0.615. The second-order valence-corrected chi connectivity index (χ2v) is 5.60. The molecule has 0 aromatic carbocycles. The molecule has 7 heteroatoms. The smallest absolute Gasteiger partial charge is 0.413 e. The van der Waals surface area contributed by atoms with Gasteiger partial charge in [0.05, 0.1) is 11.6 Å². The molecule has 0 spiro atoms. The molecule has 0 aliphatic rings. The molecule has 0 radical (unpaired) electrons. The molecule has 0 saturated carbocycles. The zero-order valence-corrected chi connectivity index (χ0v) is 13.3. The number of carbonyl (C=O) groups is 1. The summed E-state index contributed by atoms with van der Waals surface area (Å²) in [6, 6.07) is 1.73. The molecule has 0 fully saturated rings. The lowest BCUT2D eigenvalue weighted by atomic mass is 10.2. The SMILES string of the molecule is CCN(C)c1cc(NC(=O)OC(C)(C)C)nnc1CCl. The third-order valence-electron chi connectivity index (χ3n) is 2.49. The van der Waals surface area contributed by atoms with E-state index in [1.807, 2.05) is 18.9 Å². The van der Waals surface area contributed by atoms with Crippen molar-refractivity contribution in [3.05, 3.63) is 11.8 Å². The van der Waals surface area contributed by atoms with Gasteiger partial charge in [-0.1, -0.05) is 0 Å². The van der Waals surface area contributed by atoms with Gasteiger partial charge >= 0.3 is 6.09 Å². The molecule has 1 heterocycles. The normalized spacial score (nSPS) is 11.1. The quantitative estimate of drug-likeness (QED) is 0.866. The van der Waals surface area contributed by atoms with Crippen molar-refractivity contribution in [1.29, 1.82) is 0 Å². The third-order valence-corrected chi connectivity index (χ3v) is 2.74. The molecule has 0 aliphatic carbocycles. The van der Waals surface area contributed by atoms with Crippen LogP contribution in [0.15, 0.2) is 6.07 Å². The van der Waals surface area contributed by atoms with Gasteiger partial charge in [-0.25, -0.2) is 4.79 Å². The molecule has 1 amide bonds. The van der Waals surface area contributed by atoms with E-state index in [9.17, 15) is 4.79 Å². The fourth-order valence-corrected chi connectivity index (χ4v) is 1.66. The highest BCUT2D eigenvalue weighted by Crippen LogP contribution is 2.21. The van der Waals surface area contributed by atoms with Gasteiger partial charge < -0.3 is 9.64 Å². The highest BCUT2D eigenvalue weighted by atomic mass is 35.5. The van der Waals surface area contributed by atoms with E-state index in [-0.39, 0.29) is 5.88 Å². The van der Waals surface area contributed by atoms with Crippen LogP contribution >= 0.6 is 11.6 Å². The molecule has 1 aromatic rings. The first kappa shape index (κ1) is 16.5. The lowest BCUT2D eigenvalue weighted by Gasteiger charge is -2.21. The van der Waals surface area contributed by atoms with Crippen LogP contribution in [0.5, 0.6) is 0 Å². The number of nitrogens with one attached hydrogen (secondary N) is 1. The van der Waals surface area contributed by atoms with E-state index in [4.69, 9.17) is 16.3 Å². The Morgan fingerprint density at radius 2 is 2.10 bits per heavy atom. The Morgan fingerprint density at radius 3 is 2.60 bits per heavy atom. The second-order valence-electron chi connectivity index (χ2n) is 5.34. The molecule has 1 aromatic heterocycles. The fourth-order valence-electron chi connectivity index (χ4n) is 1.47. The Bertz CT molecular complexity index is 474. The number of ether oxygens (including phenoxy) is 1. The molecule has 1 N–H and O–H groups in total. The van der Waals surface area contributed by atoms with E-state index in [1.54, 1.807) is 26.8 Å². The first-order chi connectivity index (χ1) is 9.26. The van der Waals surface area contributed by atoms with Gasteiger partial charge in [0.1, 0.15) is 11.3 Å². The number of halogens is 1. The molecular weight excluding hydrogens is 280 g/mol. The molecule has 6 nitrogen and oxygen atoms in total.